The number of rotatable bonds is 4. The van der Waals surface area contributed by atoms with E-state index in [9.17, 15) is 0 Å². The number of pyridine rings is 1. The van der Waals surface area contributed by atoms with Crippen molar-refractivity contribution in [1.82, 2.24) is 4.98 Å². The van der Waals surface area contributed by atoms with E-state index >= 15 is 0 Å². The van der Waals surface area contributed by atoms with Crippen molar-refractivity contribution >= 4 is 18.4 Å². The Morgan fingerprint density at radius 2 is 1.68 bits per heavy atom. The van der Waals surface area contributed by atoms with Crippen molar-refractivity contribution in [3.63, 3.8) is 0 Å². The first-order valence-corrected chi connectivity index (χ1v) is 8.52. The van der Waals surface area contributed by atoms with Crippen LogP contribution >= 0.6 is 0 Å². The van der Waals surface area contributed by atoms with E-state index in [1.165, 1.54) is 0 Å². The molecule has 1 aromatic carbocycles. The Morgan fingerprint density at radius 1 is 1.08 bits per heavy atom. The van der Waals surface area contributed by atoms with Crippen LogP contribution in [-0.2, 0) is 9.31 Å². The van der Waals surface area contributed by atoms with E-state index in [4.69, 9.17) is 19.8 Å². The third-order valence-corrected chi connectivity index (χ3v) is 5.00. The average Bonchev–Trinajstić information content (AvgIpc) is 2.78. The second-order valence-corrected chi connectivity index (χ2v) is 7.41. The van der Waals surface area contributed by atoms with Gasteiger partial charge in [0.05, 0.1) is 11.2 Å². The van der Waals surface area contributed by atoms with Crippen LogP contribution in [0.15, 0.2) is 42.6 Å². The molecular formula is C19H25BN2O3. The highest BCUT2D eigenvalue weighted by atomic mass is 16.7. The summed E-state index contributed by atoms with van der Waals surface area (Å²) in [6.45, 7) is 10.1. The summed E-state index contributed by atoms with van der Waals surface area (Å²) < 4.78 is 18.2. The van der Waals surface area contributed by atoms with E-state index in [-0.39, 0.29) is 6.10 Å². The minimum absolute atomic E-state index is 0.140. The van der Waals surface area contributed by atoms with Crippen LogP contribution in [0.25, 0.3) is 0 Å². The second kappa shape index (κ2) is 6.35. The minimum Gasteiger partial charge on any atom is -0.482 e. The molecule has 0 amide bonds. The van der Waals surface area contributed by atoms with Crippen molar-refractivity contribution in [1.29, 1.82) is 0 Å². The van der Waals surface area contributed by atoms with Crippen LogP contribution in [0.2, 0.25) is 0 Å². The highest BCUT2D eigenvalue weighted by molar-refractivity contribution is 6.62. The number of aromatic nitrogens is 1. The zero-order chi connectivity index (χ0) is 18.2. The Hall–Kier alpha value is -2.05. The molecule has 0 unspecified atom stereocenters. The molecule has 1 saturated heterocycles. The van der Waals surface area contributed by atoms with Crippen molar-refractivity contribution in [3.05, 3.63) is 48.2 Å². The maximum atomic E-state index is 6.08. The van der Waals surface area contributed by atoms with E-state index in [1.54, 1.807) is 6.20 Å². The molecule has 0 saturated carbocycles. The van der Waals surface area contributed by atoms with Crippen LogP contribution in [0.5, 0.6) is 5.75 Å². The molecule has 5 nitrogen and oxygen atoms in total. The second-order valence-electron chi connectivity index (χ2n) is 7.41. The summed E-state index contributed by atoms with van der Waals surface area (Å²) in [4.78, 5) is 4.26. The van der Waals surface area contributed by atoms with Crippen LogP contribution in [-0.4, -0.2) is 23.3 Å². The molecule has 2 N–H and O–H groups in total. The molecule has 25 heavy (non-hydrogen) atoms. The lowest BCUT2D eigenvalue weighted by atomic mass is 9.80. The third kappa shape index (κ3) is 3.50. The zero-order valence-electron chi connectivity index (χ0n) is 15.4. The van der Waals surface area contributed by atoms with Gasteiger partial charge in [-0.2, -0.15) is 0 Å². The lowest BCUT2D eigenvalue weighted by Crippen LogP contribution is -2.41. The Morgan fingerprint density at radius 3 is 2.28 bits per heavy atom. The van der Waals surface area contributed by atoms with Gasteiger partial charge in [0.15, 0.2) is 11.6 Å². The minimum atomic E-state index is -0.493. The molecule has 0 bridgehead atoms. The lowest BCUT2D eigenvalue weighted by molar-refractivity contribution is 0.00578. The molecule has 3 rings (SSSR count). The molecule has 1 aromatic heterocycles. The smallest absolute Gasteiger partial charge is 0.482 e. The van der Waals surface area contributed by atoms with Gasteiger partial charge in [0.2, 0.25) is 0 Å². The SMILES string of the molecule is C[C@H](Oc1cc(B2OC(C)(C)C(C)(C)O2)cnc1N)c1ccccc1. The number of nitrogens with two attached hydrogens (primary N) is 1. The average molecular weight is 340 g/mol. The normalized spacial score (nSPS) is 19.6. The Kier molecular flexibility index (Phi) is 4.52. The number of hydrogen-bond acceptors (Lipinski definition) is 5. The molecule has 0 radical (unpaired) electrons. The number of anilines is 1. The Bertz CT molecular complexity index is 734. The number of nitrogen functional groups attached to an aromatic ring is 1. The van der Waals surface area contributed by atoms with Gasteiger partial charge in [0.25, 0.3) is 0 Å². The standard InChI is InChI=1S/C19H25BN2O3/c1-13(14-9-7-6-8-10-14)23-16-11-15(12-22-17(16)21)20-24-18(2,3)19(4,5)25-20/h6-13H,1-5H3,(H2,21,22)/t13-/m0/s1. The van der Waals surface area contributed by atoms with Crippen molar-refractivity contribution in [2.24, 2.45) is 0 Å². The van der Waals surface area contributed by atoms with Gasteiger partial charge in [0, 0.05) is 11.7 Å². The van der Waals surface area contributed by atoms with Gasteiger partial charge in [-0.3, -0.25) is 0 Å². The quantitative estimate of drug-likeness (QED) is 0.867. The van der Waals surface area contributed by atoms with Crippen molar-refractivity contribution in [2.45, 2.75) is 51.9 Å². The molecule has 2 heterocycles. The first kappa shape index (κ1) is 17.8. The maximum absolute atomic E-state index is 6.08. The van der Waals surface area contributed by atoms with E-state index in [0.29, 0.717) is 11.6 Å². The number of ether oxygens (including phenoxy) is 1. The summed E-state index contributed by atoms with van der Waals surface area (Å²) >= 11 is 0. The molecule has 1 fully saturated rings. The molecule has 2 aromatic rings. The van der Waals surface area contributed by atoms with Crippen molar-refractivity contribution in [3.8, 4) is 5.75 Å². The van der Waals surface area contributed by atoms with Gasteiger partial charge >= 0.3 is 7.12 Å². The van der Waals surface area contributed by atoms with E-state index < -0.39 is 18.3 Å². The maximum Gasteiger partial charge on any atom is 0.496 e. The van der Waals surface area contributed by atoms with E-state index in [2.05, 4.69) is 4.98 Å². The summed E-state index contributed by atoms with van der Waals surface area (Å²) in [5.74, 6) is 0.881. The largest absolute Gasteiger partial charge is 0.496 e. The molecule has 132 valence electrons. The highest BCUT2D eigenvalue weighted by Crippen LogP contribution is 2.37. The molecule has 1 atom stereocenters. The van der Waals surface area contributed by atoms with E-state index in [0.717, 1.165) is 11.0 Å². The Labute approximate surface area is 149 Å². The van der Waals surface area contributed by atoms with Crippen LogP contribution in [0.3, 0.4) is 0 Å². The zero-order valence-corrected chi connectivity index (χ0v) is 15.4. The topological polar surface area (TPSA) is 66.6 Å². The van der Waals surface area contributed by atoms with Crippen LogP contribution in [0, 0.1) is 0 Å². The van der Waals surface area contributed by atoms with Crippen molar-refractivity contribution in [2.75, 3.05) is 5.73 Å². The fourth-order valence-corrected chi connectivity index (χ4v) is 2.66. The summed E-state index contributed by atoms with van der Waals surface area (Å²) in [5, 5.41) is 0. The molecular weight excluding hydrogens is 315 g/mol. The first-order chi connectivity index (χ1) is 11.7. The molecule has 6 heteroatoms. The predicted molar refractivity (Wildman–Crippen MR) is 99.9 cm³/mol. The third-order valence-electron chi connectivity index (χ3n) is 5.00. The van der Waals surface area contributed by atoms with Gasteiger partial charge in [-0.05, 0) is 46.2 Å². The highest BCUT2D eigenvalue weighted by Gasteiger charge is 2.52. The van der Waals surface area contributed by atoms with Crippen LogP contribution < -0.4 is 15.9 Å². The first-order valence-electron chi connectivity index (χ1n) is 8.52. The number of nitrogens with zero attached hydrogens (tertiary/aromatic N) is 1. The predicted octanol–water partition coefficient (Wildman–Crippen LogP) is 3.10. The van der Waals surface area contributed by atoms with Crippen LogP contribution in [0.1, 0.15) is 46.3 Å². The summed E-state index contributed by atoms with van der Waals surface area (Å²) in [6.07, 6.45) is 1.54. The van der Waals surface area contributed by atoms with Gasteiger partial charge in [-0.25, -0.2) is 4.98 Å². The lowest BCUT2D eigenvalue weighted by Gasteiger charge is -2.32. The number of hydrogen-bond donors (Lipinski definition) is 1. The fourth-order valence-electron chi connectivity index (χ4n) is 2.66. The molecule has 0 spiro atoms. The summed E-state index contributed by atoms with van der Waals surface area (Å²) in [7, 11) is -0.493. The monoisotopic (exact) mass is 340 g/mol. The van der Waals surface area contributed by atoms with Gasteiger partial charge < -0.3 is 19.8 Å². The van der Waals surface area contributed by atoms with Gasteiger partial charge in [0.1, 0.15) is 6.10 Å². The van der Waals surface area contributed by atoms with Gasteiger partial charge in [-0.1, -0.05) is 30.3 Å². The van der Waals surface area contributed by atoms with Gasteiger partial charge in [-0.15, -0.1) is 0 Å². The number of benzene rings is 1. The Balaban J connectivity index is 1.82. The van der Waals surface area contributed by atoms with Crippen molar-refractivity contribution < 1.29 is 14.0 Å². The summed E-state index contributed by atoms with van der Waals surface area (Å²) in [6, 6.07) is 11.8. The summed E-state index contributed by atoms with van der Waals surface area (Å²) in [5.41, 5.74) is 7.06. The van der Waals surface area contributed by atoms with E-state index in [1.807, 2.05) is 71.0 Å². The molecule has 0 aliphatic carbocycles. The van der Waals surface area contributed by atoms with Crippen LogP contribution in [0.4, 0.5) is 5.82 Å². The molecule has 1 aliphatic rings. The fraction of sp³-hybridized carbons (Fsp3) is 0.421. The molecule has 1 aliphatic heterocycles.